The zero-order valence-electron chi connectivity index (χ0n) is 35.1. The van der Waals surface area contributed by atoms with E-state index in [4.69, 9.17) is 0 Å². The molecule has 0 fully saturated rings. The normalized spacial score (nSPS) is 11.8. The Labute approximate surface area is 371 Å². The second-order valence-electron chi connectivity index (χ2n) is 17.2. The van der Waals surface area contributed by atoms with Gasteiger partial charge >= 0.3 is 0 Å². The number of benzene rings is 12. The maximum absolute atomic E-state index is 2.42. The summed E-state index contributed by atoms with van der Waals surface area (Å²) in [4.78, 5) is 0. The maximum atomic E-state index is 2.42. The summed E-state index contributed by atoms with van der Waals surface area (Å²) >= 11 is 0. The number of fused-ring (bicyclic) bond motifs is 2. The Morgan fingerprint density at radius 1 is 0.125 bits per heavy atom. The van der Waals surface area contributed by atoms with E-state index in [1.807, 2.05) is 0 Å². The van der Waals surface area contributed by atoms with Crippen molar-refractivity contribution in [1.82, 2.24) is 0 Å². The molecule has 16 bridgehead atoms. The fourth-order valence-electron chi connectivity index (χ4n) is 10.4. The van der Waals surface area contributed by atoms with Gasteiger partial charge in [0.15, 0.2) is 0 Å². The lowest BCUT2D eigenvalue weighted by molar-refractivity contribution is 1.65. The fraction of sp³-hybridized carbons (Fsp3) is 0. The predicted molar refractivity (Wildman–Crippen MR) is 277 cm³/mol. The van der Waals surface area contributed by atoms with Gasteiger partial charge in [-0.05, 0) is 191 Å². The Hall–Kier alpha value is -8.32. The van der Waals surface area contributed by atoms with Crippen molar-refractivity contribution in [2.24, 2.45) is 0 Å². The Morgan fingerprint density at radius 2 is 0.344 bits per heavy atom. The van der Waals surface area contributed by atoms with Crippen molar-refractivity contribution in [2.45, 2.75) is 0 Å². The van der Waals surface area contributed by atoms with Crippen molar-refractivity contribution in [3.8, 4) is 44.5 Å². The van der Waals surface area contributed by atoms with Crippen molar-refractivity contribution in [3.05, 3.63) is 243 Å². The highest BCUT2D eigenvalue weighted by atomic mass is 14.2. The maximum Gasteiger partial charge on any atom is -0.00926 e. The molecule has 0 saturated carbocycles. The minimum absolute atomic E-state index is 1.19. The van der Waals surface area contributed by atoms with Crippen LogP contribution in [-0.4, -0.2) is 0 Å². The molecule has 14 aromatic carbocycles. The predicted octanol–water partition coefficient (Wildman–Crippen LogP) is 18.1. The molecule has 0 amide bonds. The van der Waals surface area contributed by atoms with E-state index in [-0.39, 0.29) is 0 Å². The molecule has 0 heteroatoms. The van der Waals surface area contributed by atoms with Crippen molar-refractivity contribution < 1.29 is 0 Å². The lowest BCUT2D eigenvalue weighted by atomic mass is 9.88. The molecule has 0 aliphatic carbocycles. The summed E-state index contributed by atoms with van der Waals surface area (Å²) in [6.45, 7) is 0. The fourth-order valence-corrected chi connectivity index (χ4v) is 10.4. The van der Waals surface area contributed by atoms with Gasteiger partial charge in [0.2, 0.25) is 0 Å². The minimum Gasteiger partial charge on any atom is -0.0622 e. The first kappa shape index (κ1) is 36.3. The molecule has 0 N–H and O–H groups in total. The number of rotatable bonds is 4. The lowest BCUT2D eigenvalue weighted by Crippen LogP contribution is -1.88. The van der Waals surface area contributed by atoms with E-state index in [0.717, 1.165) is 0 Å². The zero-order valence-corrected chi connectivity index (χ0v) is 35.1. The molecule has 0 nitrogen and oxygen atoms in total. The molecule has 64 heavy (non-hydrogen) atoms. The topological polar surface area (TPSA) is 0 Å². The van der Waals surface area contributed by atoms with Crippen LogP contribution in [0.4, 0.5) is 0 Å². The van der Waals surface area contributed by atoms with Crippen LogP contribution in [0.15, 0.2) is 243 Å². The van der Waals surface area contributed by atoms with Crippen molar-refractivity contribution in [3.63, 3.8) is 0 Å². The quantitative estimate of drug-likeness (QED) is 0.155. The molecule has 14 aromatic rings. The van der Waals surface area contributed by atoms with E-state index in [0.29, 0.717) is 0 Å². The molecule has 0 aliphatic heterocycles. The van der Waals surface area contributed by atoms with Gasteiger partial charge in [-0.1, -0.05) is 182 Å². The monoisotopic (exact) mass is 808 g/mol. The van der Waals surface area contributed by atoms with Crippen molar-refractivity contribution in [1.29, 1.82) is 0 Å². The van der Waals surface area contributed by atoms with Gasteiger partial charge in [0.25, 0.3) is 0 Å². The summed E-state index contributed by atoms with van der Waals surface area (Å²) in [6, 6.07) is 90.8. The van der Waals surface area contributed by atoms with Crippen LogP contribution in [-0.2, 0) is 0 Å². The highest BCUT2D eigenvalue weighted by Crippen LogP contribution is 2.43. The van der Waals surface area contributed by atoms with E-state index in [1.165, 1.54) is 131 Å². The minimum atomic E-state index is 1.19. The largest absolute Gasteiger partial charge is 0.0622 e. The zero-order chi connectivity index (χ0) is 42.1. The van der Waals surface area contributed by atoms with Crippen molar-refractivity contribution in [2.75, 3.05) is 0 Å². The summed E-state index contributed by atoms with van der Waals surface area (Å²) in [6.07, 6.45) is 0. The van der Waals surface area contributed by atoms with Crippen LogP contribution in [0.2, 0.25) is 0 Å². The summed E-state index contributed by atoms with van der Waals surface area (Å²) in [5, 5.41) is 19.6. The van der Waals surface area contributed by atoms with Crippen LogP contribution in [0.1, 0.15) is 0 Å². The average molecular weight is 809 g/mol. The molecule has 0 spiro atoms. The molecule has 14 rings (SSSR count). The van der Waals surface area contributed by atoms with Gasteiger partial charge in [-0.2, -0.15) is 0 Å². The number of hydrogen-bond acceptors (Lipinski definition) is 0. The second kappa shape index (κ2) is 14.7. The number of hydrogen-bond donors (Lipinski definition) is 0. The molecule has 0 heterocycles. The Bertz CT molecular complexity index is 3500. The van der Waals surface area contributed by atoms with Gasteiger partial charge in [0, 0.05) is 0 Å². The van der Waals surface area contributed by atoms with Gasteiger partial charge in [0.1, 0.15) is 0 Å². The molecule has 0 unspecified atom stereocenters. The van der Waals surface area contributed by atoms with Crippen LogP contribution in [0.25, 0.3) is 131 Å². The molecular formula is C64H40. The third-order valence-corrected chi connectivity index (χ3v) is 13.5. The SMILES string of the molecule is c1ccc(-c2cc3c4cccc(c4)c4cc(-c5ccccc5)cc5c4ccc4c(cc(-c6ccccc6)cc45)c4cccc(c4)c4cc(-c5ccccc5)cc5c4ccc3c5c2)cc1. The van der Waals surface area contributed by atoms with Gasteiger partial charge in [-0.3, -0.25) is 0 Å². The van der Waals surface area contributed by atoms with E-state index in [1.54, 1.807) is 0 Å². The first-order chi connectivity index (χ1) is 31.7. The van der Waals surface area contributed by atoms with Gasteiger partial charge in [-0.25, -0.2) is 0 Å². The molecular weight excluding hydrogens is 769 g/mol. The van der Waals surface area contributed by atoms with Gasteiger partial charge < -0.3 is 0 Å². The van der Waals surface area contributed by atoms with E-state index in [2.05, 4.69) is 243 Å². The van der Waals surface area contributed by atoms with Crippen molar-refractivity contribution >= 4 is 86.2 Å². The van der Waals surface area contributed by atoms with Crippen LogP contribution in [0, 0.1) is 0 Å². The molecule has 0 aromatic heterocycles. The Kier molecular flexibility index (Phi) is 8.32. The van der Waals surface area contributed by atoms with Gasteiger partial charge in [0.05, 0.1) is 0 Å². The van der Waals surface area contributed by atoms with E-state index >= 15 is 0 Å². The molecule has 0 radical (unpaired) electrons. The summed E-state index contributed by atoms with van der Waals surface area (Å²) in [5.74, 6) is 0. The Balaban J connectivity index is 1.30. The van der Waals surface area contributed by atoms with Gasteiger partial charge in [-0.15, -0.1) is 0 Å². The van der Waals surface area contributed by atoms with Crippen LogP contribution in [0.3, 0.4) is 0 Å². The first-order valence-corrected chi connectivity index (χ1v) is 22.2. The highest BCUT2D eigenvalue weighted by Gasteiger charge is 2.15. The van der Waals surface area contributed by atoms with Crippen LogP contribution < -0.4 is 0 Å². The van der Waals surface area contributed by atoms with E-state index in [9.17, 15) is 0 Å². The summed E-state index contributed by atoms with van der Waals surface area (Å²) in [7, 11) is 0. The van der Waals surface area contributed by atoms with E-state index < -0.39 is 0 Å². The smallest absolute Gasteiger partial charge is 0.00926 e. The summed E-state index contributed by atoms with van der Waals surface area (Å²) < 4.78 is 0. The second-order valence-corrected chi connectivity index (χ2v) is 17.2. The third-order valence-electron chi connectivity index (χ3n) is 13.5. The molecule has 296 valence electrons. The van der Waals surface area contributed by atoms with Crippen LogP contribution >= 0.6 is 0 Å². The first-order valence-electron chi connectivity index (χ1n) is 22.2. The highest BCUT2D eigenvalue weighted by molar-refractivity contribution is 6.26. The standard InChI is InChI=1S/C64H40/c1-5-15-41(16-6-1)49-33-57-45-23-13-24-46(31-45)59-35-51(43-19-9-3-10-20-43)39-63-55(59)29-30-56-60(36-52(40-64(56)63)44-21-11-4-12-22-44)48-26-14-25-47(32-48)58-34-50(42-17-7-2-8-18-42)38-62-54(58)28-27-53(57)61(62)37-49/h1-40H. The average Bonchev–Trinajstić information content (AvgIpc) is 3.38. The molecule has 0 aliphatic rings. The molecule has 0 saturated heterocycles. The third kappa shape index (κ3) is 5.99. The summed E-state index contributed by atoms with van der Waals surface area (Å²) in [5.41, 5.74) is 9.63. The molecule has 0 atom stereocenters. The van der Waals surface area contributed by atoms with Crippen LogP contribution in [0.5, 0.6) is 0 Å². The lowest BCUT2D eigenvalue weighted by Gasteiger charge is -2.15. The Morgan fingerprint density at radius 3 is 0.578 bits per heavy atom.